The van der Waals surface area contributed by atoms with E-state index in [-0.39, 0.29) is 0 Å². The van der Waals surface area contributed by atoms with Gasteiger partial charge in [-0.15, -0.1) is 0 Å². The fourth-order valence-corrected chi connectivity index (χ4v) is 1.15. The quantitative estimate of drug-likeness (QED) is 0.572. The van der Waals surface area contributed by atoms with Gasteiger partial charge in [-0.05, 0) is 19.3 Å². The summed E-state index contributed by atoms with van der Waals surface area (Å²) in [5.74, 6) is 0. The van der Waals surface area contributed by atoms with Crippen LogP contribution >= 0.6 is 0 Å². The Morgan fingerprint density at radius 1 is 1.00 bits per heavy atom. The molecule has 0 fully saturated rings. The minimum Gasteiger partial charge on any atom is -0.326 e. The number of nitrogens with zero attached hydrogens (tertiary/aromatic N) is 1. The van der Waals surface area contributed by atoms with Crippen LogP contribution in [0.2, 0.25) is 0 Å². The topological polar surface area (TPSA) is 0 Å². The molecular weight excluding hydrogens is 146 g/mol. The first-order valence-corrected chi connectivity index (χ1v) is 5.16. The van der Waals surface area contributed by atoms with Crippen LogP contribution in [0, 0.1) is 5.41 Å². The molecule has 0 bridgehead atoms. The van der Waals surface area contributed by atoms with Crippen LogP contribution < -0.4 is 0 Å². The molecule has 0 N–H and O–H groups in total. The van der Waals surface area contributed by atoms with Gasteiger partial charge in [0.2, 0.25) is 0 Å². The van der Waals surface area contributed by atoms with E-state index >= 15 is 0 Å². The van der Waals surface area contributed by atoms with Crippen molar-refractivity contribution in [2.45, 2.75) is 41.0 Å². The van der Waals surface area contributed by atoms with Crippen LogP contribution in [0.1, 0.15) is 41.0 Å². The van der Waals surface area contributed by atoms with E-state index in [9.17, 15) is 0 Å². The van der Waals surface area contributed by atoms with Crippen molar-refractivity contribution in [1.29, 1.82) is 0 Å². The van der Waals surface area contributed by atoms with Gasteiger partial charge in [-0.2, -0.15) is 0 Å². The Kier molecular flexibility index (Phi) is 4.25. The molecule has 0 aliphatic heterocycles. The molecule has 0 atom stereocenters. The molecule has 0 aromatic heterocycles. The summed E-state index contributed by atoms with van der Waals surface area (Å²) in [6, 6.07) is 0. The van der Waals surface area contributed by atoms with Crippen LogP contribution in [0.15, 0.2) is 0 Å². The standard InChI is InChI=1S/C11H26N/c1-7-12(6,8-2)10-9-11(3,4)5/h7-10H2,1-6H3/q+1. The second kappa shape index (κ2) is 4.27. The van der Waals surface area contributed by atoms with Crippen molar-refractivity contribution in [2.24, 2.45) is 5.41 Å². The highest BCUT2D eigenvalue weighted by Crippen LogP contribution is 2.20. The SMILES string of the molecule is CC[N+](C)(CC)CCC(C)(C)C. The highest BCUT2D eigenvalue weighted by molar-refractivity contribution is 4.60. The maximum Gasteiger partial charge on any atom is 0.0789 e. The summed E-state index contributed by atoms with van der Waals surface area (Å²) in [5.41, 5.74) is 0.490. The molecule has 0 radical (unpaired) electrons. The summed E-state index contributed by atoms with van der Waals surface area (Å²) in [5, 5.41) is 0. The average molecular weight is 172 g/mol. The monoisotopic (exact) mass is 172 g/mol. The molecule has 0 heterocycles. The maximum absolute atomic E-state index is 2.35. The van der Waals surface area contributed by atoms with E-state index in [4.69, 9.17) is 0 Å². The summed E-state index contributed by atoms with van der Waals surface area (Å²) in [4.78, 5) is 0. The predicted molar refractivity (Wildman–Crippen MR) is 56.2 cm³/mol. The van der Waals surface area contributed by atoms with Gasteiger partial charge in [0.05, 0.1) is 26.7 Å². The number of quaternary nitrogens is 1. The van der Waals surface area contributed by atoms with Gasteiger partial charge in [0, 0.05) is 6.42 Å². The van der Waals surface area contributed by atoms with Crippen molar-refractivity contribution in [3.05, 3.63) is 0 Å². The first-order valence-electron chi connectivity index (χ1n) is 5.16. The van der Waals surface area contributed by atoms with E-state index in [1.807, 2.05) is 0 Å². The lowest BCUT2D eigenvalue weighted by molar-refractivity contribution is -0.906. The number of rotatable bonds is 4. The van der Waals surface area contributed by atoms with Gasteiger partial charge in [0.25, 0.3) is 0 Å². The Labute approximate surface area is 78.4 Å². The molecule has 74 valence electrons. The smallest absolute Gasteiger partial charge is 0.0789 e. The predicted octanol–water partition coefficient (Wildman–Crippen LogP) is 2.91. The van der Waals surface area contributed by atoms with Crippen LogP contribution in [0.5, 0.6) is 0 Å². The molecule has 0 aliphatic carbocycles. The summed E-state index contributed by atoms with van der Waals surface area (Å²) < 4.78 is 1.22. The highest BCUT2D eigenvalue weighted by Gasteiger charge is 2.20. The maximum atomic E-state index is 2.35. The van der Waals surface area contributed by atoms with Gasteiger partial charge < -0.3 is 4.48 Å². The number of hydrogen-bond donors (Lipinski definition) is 0. The van der Waals surface area contributed by atoms with Crippen molar-refractivity contribution in [3.63, 3.8) is 0 Å². The van der Waals surface area contributed by atoms with Crippen molar-refractivity contribution >= 4 is 0 Å². The van der Waals surface area contributed by atoms with Crippen molar-refractivity contribution < 1.29 is 4.48 Å². The second-order valence-electron chi connectivity index (χ2n) is 5.29. The normalized spacial score (nSPS) is 13.5. The van der Waals surface area contributed by atoms with Crippen molar-refractivity contribution in [2.75, 3.05) is 26.7 Å². The van der Waals surface area contributed by atoms with Gasteiger partial charge in [-0.3, -0.25) is 0 Å². The molecule has 0 amide bonds. The van der Waals surface area contributed by atoms with Crippen LogP contribution in [0.25, 0.3) is 0 Å². The van der Waals surface area contributed by atoms with Gasteiger partial charge >= 0.3 is 0 Å². The van der Waals surface area contributed by atoms with E-state index in [1.54, 1.807) is 0 Å². The van der Waals surface area contributed by atoms with Crippen LogP contribution in [-0.2, 0) is 0 Å². The zero-order valence-electron chi connectivity index (χ0n) is 9.78. The minimum atomic E-state index is 0.490. The van der Waals surface area contributed by atoms with E-state index in [2.05, 4.69) is 41.7 Å². The summed E-state index contributed by atoms with van der Waals surface area (Å²) >= 11 is 0. The zero-order valence-corrected chi connectivity index (χ0v) is 9.78. The summed E-state index contributed by atoms with van der Waals surface area (Å²) in [6.07, 6.45) is 1.32. The van der Waals surface area contributed by atoms with Crippen LogP contribution in [0.3, 0.4) is 0 Å². The molecule has 12 heavy (non-hydrogen) atoms. The van der Waals surface area contributed by atoms with E-state index in [1.165, 1.54) is 30.5 Å². The first-order chi connectivity index (χ1) is 5.33. The summed E-state index contributed by atoms with van der Waals surface area (Å²) in [6.45, 7) is 15.4. The molecule has 0 aromatic carbocycles. The Morgan fingerprint density at radius 3 is 1.67 bits per heavy atom. The molecular formula is C11H26N+. The average Bonchev–Trinajstić information content (AvgIpc) is 1.99. The molecule has 0 spiro atoms. The highest BCUT2D eigenvalue weighted by atomic mass is 15.3. The van der Waals surface area contributed by atoms with Crippen LogP contribution in [0.4, 0.5) is 0 Å². The molecule has 0 rings (SSSR count). The van der Waals surface area contributed by atoms with Gasteiger partial charge in [0.1, 0.15) is 0 Å². The Bertz CT molecular complexity index is 117. The molecule has 0 unspecified atom stereocenters. The van der Waals surface area contributed by atoms with Gasteiger partial charge in [-0.1, -0.05) is 20.8 Å². The Balaban J connectivity index is 3.89. The fraction of sp³-hybridized carbons (Fsp3) is 1.00. The van der Waals surface area contributed by atoms with Crippen molar-refractivity contribution in [3.8, 4) is 0 Å². The fourth-order valence-electron chi connectivity index (χ4n) is 1.15. The van der Waals surface area contributed by atoms with Crippen LogP contribution in [-0.4, -0.2) is 31.2 Å². The first kappa shape index (κ1) is 12.0. The summed E-state index contributed by atoms with van der Waals surface area (Å²) in [7, 11) is 2.35. The van der Waals surface area contributed by atoms with E-state index < -0.39 is 0 Å². The molecule has 0 saturated heterocycles. The van der Waals surface area contributed by atoms with E-state index in [0.29, 0.717) is 5.41 Å². The minimum absolute atomic E-state index is 0.490. The van der Waals surface area contributed by atoms with E-state index in [0.717, 1.165) is 0 Å². The Hall–Kier alpha value is -0.0400. The largest absolute Gasteiger partial charge is 0.326 e. The Morgan fingerprint density at radius 2 is 1.42 bits per heavy atom. The third kappa shape index (κ3) is 4.76. The molecule has 1 nitrogen and oxygen atoms in total. The molecule has 0 aliphatic rings. The second-order valence-corrected chi connectivity index (χ2v) is 5.29. The van der Waals surface area contributed by atoms with Crippen molar-refractivity contribution in [1.82, 2.24) is 0 Å². The third-order valence-corrected chi connectivity index (χ3v) is 2.93. The van der Waals surface area contributed by atoms with Gasteiger partial charge in [0.15, 0.2) is 0 Å². The zero-order chi connectivity index (χ0) is 9.83. The molecule has 0 aromatic rings. The van der Waals surface area contributed by atoms with Gasteiger partial charge in [-0.25, -0.2) is 0 Å². The lowest BCUT2D eigenvalue weighted by atomic mass is 9.92. The lowest BCUT2D eigenvalue weighted by Gasteiger charge is -2.34. The molecule has 1 heteroatoms. The lowest BCUT2D eigenvalue weighted by Crippen LogP contribution is -2.45. The molecule has 0 saturated carbocycles. The third-order valence-electron chi connectivity index (χ3n) is 2.93. The number of hydrogen-bond acceptors (Lipinski definition) is 0.